The summed E-state index contributed by atoms with van der Waals surface area (Å²) < 4.78 is 21.9. The van der Waals surface area contributed by atoms with Crippen LogP contribution in [0.2, 0.25) is 0 Å². The third-order valence-corrected chi connectivity index (χ3v) is 7.19. The number of carbonyl (C=O) groups excluding carboxylic acids is 2. The predicted molar refractivity (Wildman–Crippen MR) is 107 cm³/mol. The molecule has 2 fully saturated rings. The maximum atomic E-state index is 12.7. The van der Waals surface area contributed by atoms with Crippen molar-refractivity contribution < 1.29 is 18.4 Å². The summed E-state index contributed by atoms with van der Waals surface area (Å²) in [5, 5.41) is 0. The number of nitrogens with zero attached hydrogens (tertiary/aromatic N) is 3. The molecule has 142 valence electrons. The normalized spacial score (nSPS) is 24.0. The average Bonchev–Trinajstić information content (AvgIpc) is 2.61. The summed E-state index contributed by atoms with van der Waals surface area (Å²) >= 11 is 8.50. The van der Waals surface area contributed by atoms with Crippen molar-refractivity contribution in [2.45, 2.75) is 38.1 Å². The SMILES string of the molecule is O=C1CCCCN1c1ccc(N2CCCC(N(S)S(=O)(O)=S)C2=O)cc1. The summed E-state index contributed by atoms with van der Waals surface area (Å²) in [4.78, 5) is 28.1. The quantitative estimate of drug-likeness (QED) is 0.735. The van der Waals surface area contributed by atoms with Gasteiger partial charge in [0.1, 0.15) is 6.04 Å². The number of amides is 2. The second-order valence-electron chi connectivity index (χ2n) is 6.42. The Hall–Kier alpha value is -1.20. The first-order valence-corrected chi connectivity index (χ1v) is 11.3. The minimum atomic E-state index is -3.73. The van der Waals surface area contributed by atoms with Crippen LogP contribution in [0.1, 0.15) is 32.1 Å². The molecule has 0 saturated carbocycles. The molecule has 2 aliphatic rings. The van der Waals surface area contributed by atoms with Gasteiger partial charge in [-0.2, -0.15) is 0 Å². The second kappa shape index (κ2) is 7.81. The zero-order valence-corrected chi connectivity index (χ0v) is 16.6. The monoisotopic (exact) mass is 415 g/mol. The minimum absolute atomic E-state index is 0.118. The molecule has 26 heavy (non-hydrogen) atoms. The van der Waals surface area contributed by atoms with Crippen LogP contribution in [-0.4, -0.2) is 43.4 Å². The van der Waals surface area contributed by atoms with Crippen molar-refractivity contribution in [1.82, 2.24) is 3.71 Å². The average molecular weight is 416 g/mol. The van der Waals surface area contributed by atoms with Gasteiger partial charge in [0.25, 0.3) is 0 Å². The number of anilines is 2. The van der Waals surface area contributed by atoms with E-state index in [1.165, 1.54) is 0 Å². The number of piperidine rings is 2. The van der Waals surface area contributed by atoms with Gasteiger partial charge in [-0.15, -0.1) is 3.71 Å². The van der Waals surface area contributed by atoms with Crippen molar-refractivity contribution in [2.75, 3.05) is 22.9 Å². The summed E-state index contributed by atoms with van der Waals surface area (Å²) in [6.45, 7) is 1.23. The summed E-state index contributed by atoms with van der Waals surface area (Å²) in [5.41, 5.74) is 1.50. The molecule has 0 aliphatic carbocycles. The molecule has 2 heterocycles. The van der Waals surface area contributed by atoms with E-state index in [1.54, 1.807) is 21.9 Å². The van der Waals surface area contributed by atoms with Crippen LogP contribution in [0.3, 0.4) is 0 Å². The molecule has 2 atom stereocenters. The van der Waals surface area contributed by atoms with Crippen LogP contribution in [0.4, 0.5) is 11.4 Å². The van der Waals surface area contributed by atoms with Crippen molar-refractivity contribution in [3.63, 3.8) is 0 Å². The first-order valence-electron chi connectivity index (χ1n) is 8.46. The lowest BCUT2D eigenvalue weighted by atomic mass is 10.0. The minimum Gasteiger partial charge on any atom is -0.312 e. The Morgan fingerprint density at radius 1 is 1.08 bits per heavy atom. The van der Waals surface area contributed by atoms with Gasteiger partial charge in [0.15, 0.2) is 0 Å². The topological polar surface area (TPSA) is 81.2 Å². The zero-order chi connectivity index (χ0) is 18.9. The van der Waals surface area contributed by atoms with Crippen LogP contribution in [0, 0.1) is 0 Å². The van der Waals surface area contributed by atoms with Gasteiger partial charge in [-0.3, -0.25) is 14.1 Å². The van der Waals surface area contributed by atoms with E-state index in [4.69, 9.17) is 0 Å². The fourth-order valence-corrected chi connectivity index (χ4v) is 4.41. The van der Waals surface area contributed by atoms with Gasteiger partial charge >= 0.3 is 0 Å². The number of thiol groups is 1. The van der Waals surface area contributed by atoms with Gasteiger partial charge in [0.05, 0.1) is 0 Å². The largest absolute Gasteiger partial charge is 0.312 e. The van der Waals surface area contributed by atoms with Crippen LogP contribution >= 0.6 is 12.8 Å². The zero-order valence-electron chi connectivity index (χ0n) is 14.1. The molecule has 1 N–H and O–H groups in total. The molecule has 3 rings (SSSR count). The molecule has 1 aromatic rings. The first kappa shape index (κ1) is 19.6. The molecule has 7 nitrogen and oxygen atoms in total. The Bertz CT molecular complexity index is 797. The van der Waals surface area contributed by atoms with E-state index < -0.39 is 15.0 Å². The lowest BCUT2D eigenvalue weighted by Crippen LogP contribution is -2.51. The van der Waals surface area contributed by atoms with Crippen LogP contribution in [0.5, 0.6) is 0 Å². The highest BCUT2D eigenvalue weighted by Gasteiger charge is 2.36. The third-order valence-electron chi connectivity index (χ3n) is 4.71. The molecule has 0 spiro atoms. The molecule has 2 saturated heterocycles. The molecule has 0 radical (unpaired) electrons. The van der Waals surface area contributed by atoms with Crippen LogP contribution in [0.15, 0.2) is 24.3 Å². The smallest absolute Gasteiger partial charge is 0.246 e. The molecule has 2 aliphatic heterocycles. The molecule has 2 amide bonds. The van der Waals surface area contributed by atoms with Gasteiger partial charge < -0.3 is 9.80 Å². The maximum Gasteiger partial charge on any atom is 0.246 e. The highest BCUT2D eigenvalue weighted by atomic mass is 32.9. The highest BCUT2D eigenvalue weighted by Crippen LogP contribution is 2.28. The van der Waals surface area contributed by atoms with Crippen LogP contribution < -0.4 is 9.80 Å². The fourth-order valence-electron chi connectivity index (χ4n) is 3.37. The van der Waals surface area contributed by atoms with Gasteiger partial charge in [-0.1, -0.05) is 12.8 Å². The number of rotatable bonds is 4. The molecular formula is C16H21N3O4S3. The first-order chi connectivity index (χ1) is 12.3. The van der Waals surface area contributed by atoms with Gasteiger partial charge in [0.2, 0.25) is 20.8 Å². The third kappa shape index (κ3) is 4.04. The highest BCUT2D eigenvalue weighted by molar-refractivity contribution is 8.30. The summed E-state index contributed by atoms with van der Waals surface area (Å²) in [7, 11) is -3.73. The lowest BCUT2D eigenvalue weighted by molar-refractivity contribution is -0.122. The fraction of sp³-hybridized carbons (Fsp3) is 0.500. The van der Waals surface area contributed by atoms with Crippen molar-refractivity contribution >= 4 is 56.2 Å². The molecule has 0 bridgehead atoms. The number of hydrogen-bond acceptors (Lipinski definition) is 5. The number of hydrogen-bond donors (Lipinski definition) is 2. The Morgan fingerprint density at radius 3 is 2.23 bits per heavy atom. The van der Waals surface area contributed by atoms with Crippen LogP contribution in [0.25, 0.3) is 0 Å². The van der Waals surface area contributed by atoms with Crippen molar-refractivity contribution in [2.24, 2.45) is 0 Å². The van der Waals surface area contributed by atoms with Gasteiger partial charge in [-0.25, -0.2) is 4.21 Å². The number of carbonyl (C=O) groups is 2. The summed E-state index contributed by atoms with van der Waals surface area (Å²) in [5.74, 6) is -0.188. The predicted octanol–water partition coefficient (Wildman–Crippen LogP) is 1.98. The second-order valence-corrected chi connectivity index (χ2v) is 9.71. The van der Waals surface area contributed by atoms with E-state index in [2.05, 4.69) is 24.0 Å². The standard InChI is InChI=1S/C16H21N3O4S3/c20-15-5-1-2-10-17(15)12-6-8-13(9-7-12)18-11-3-4-14(16(18)21)19(24)26(22,23)25/h6-9,14,24H,1-5,10-11H2,(H,22,23,25). The van der Waals surface area contributed by atoms with Gasteiger partial charge in [0, 0.05) is 42.1 Å². The Labute approximate surface area is 163 Å². The number of benzene rings is 1. The Kier molecular flexibility index (Phi) is 5.88. The molecule has 0 aromatic heterocycles. The van der Waals surface area contributed by atoms with Crippen molar-refractivity contribution in [3.05, 3.63) is 24.3 Å². The van der Waals surface area contributed by atoms with E-state index in [0.29, 0.717) is 38.0 Å². The van der Waals surface area contributed by atoms with E-state index in [-0.39, 0.29) is 11.8 Å². The molecule has 1 aromatic carbocycles. The Morgan fingerprint density at radius 2 is 1.65 bits per heavy atom. The van der Waals surface area contributed by atoms with Crippen LogP contribution in [-0.2, 0) is 29.7 Å². The molecule has 10 heteroatoms. The van der Waals surface area contributed by atoms with E-state index >= 15 is 0 Å². The van der Waals surface area contributed by atoms with Gasteiger partial charge in [-0.05, 0) is 49.9 Å². The maximum absolute atomic E-state index is 12.7. The van der Waals surface area contributed by atoms with E-state index in [1.807, 2.05) is 12.1 Å². The Balaban J connectivity index is 1.78. The van der Waals surface area contributed by atoms with Crippen molar-refractivity contribution in [3.8, 4) is 0 Å². The summed E-state index contributed by atoms with van der Waals surface area (Å²) in [6.07, 6.45) is 3.57. The molecular weight excluding hydrogens is 394 g/mol. The molecule has 2 unspecified atom stereocenters. The summed E-state index contributed by atoms with van der Waals surface area (Å²) in [6, 6.07) is 6.41. The lowest BCUT2D eigenvalue weighted by Gasteiger charge is -2.35. The van der Waals surface area contributed by atoms with E-state index in [0.717, 1.165) is 22.2 Å². The van der Waals surface area contributed by atoms with Crippen molar-refractivity contribution in [1.29, 1.82) is 0 Å². The van der Waals surface area contributed by atoms with E-state index in [9.17, 15) is 18.4 Å².